The van der Waals surface area contributed by atoms with Crippen LogP contribution in [0.4, 0.5) is 17.2 Å². The van der Waals surface area contributed by atoms with E-state index in [0.29, 0.717) is 5.56 Å². The van der Waals surface area contributed by atoms with Crippen molar-refractivity contribution < 1.29 is 19.4 Å². The summed E-state index contributed by atoms with van der Waals surface area (Å²) in [5, 5.41) is 24.8. The molecule has 1 N–H and O–H groups in total. The largest absolute Gasteiger partial charge is 0.465 e. The second-order valence-corrected chi connectivity index (χ2v) is 4.58. The zero-order chi connectivity index (χ0) is 17.7. The average molecular weight is 332 g/mol. The highest BCUT2D eigenvalue weighted by atomic mass is 16.6. The van der Waals surface area contributed by atoms with E-state index in [0.717, 1.165) is 19.4 Å². The van der Waals surface area contributed by atoms with Gasteiger partial charge < -0.3 is 10.1 Å². The number of hydrogen-bond acceptors (Lipinski definition) is 8. The molecule has 0 radical (unpaired) electrons. The summed E-state index contributed by atoms with van der Waals surface area (Å²) < 4.78 is 4.49. The first-order valence-corrected chi connectivity index (χ1v) is 6.63. The Hall–Kier alpha value is -3.56. The van der Waals surface area contributed by atoms with Gasteiger partial charge in [0.1, 0.15) is 0 Å². The van der Waals surface area contributed by atoms with Crippen molar-refractivity contribution >= 4 is 23.2 Å². The van der Waals surface area contributed by atoms with Gasteiger partial charge in [-0.1, -0.05) is 18.2 Å². The van der Waals surface area contributed by atoms with E-state index in [1.165, 1.54) is 18.2 Å². The van der Waals surface area contributed by atoms with Gasteiger partial charge in [-0.25, -0.2) is 9.78 Å². The number of hydrogen-bond donors (Lipinski definition) is 1. The Morgan fingerprint density at radius 3 is 2.50 bits per heavy atom. The molecule has 1 aromatic heterocycles. The third-order valence-corrected chi connectivity index (χ3v) is 3.12. The standard InChI is InChI=1S/C14H12N4O6/c1-24-14(19)10-6-12(18(22)23)13(16-8-10)15-7-9-4-2-3-5-11(9)17(20)21/h2-6,8H,7H2,1H3,(H,15,16). The summed E-state index contributed by atoms with van der Waals surface area (Å²) in [6, 6.07) is 7.03. The molecule has 2 aromatic rings. The summed E-state index contributed by atoms with van der Waals surface area (Å²) in [7, 11) is 1.15. The number of nitro benzene ring substituents is 1. The van der Waals surface area contributed by atoms with Crippen molar-refractivity contribution in [3.63, 3.8) is 0 Å². The maximum Gasteiger partial charge on any atom is 0.339 e. The molecular weight excluding hydrogens is 320 g/mol. The number of methoxy groups -OCH3 is 1. The smallest absolute Gasteiger partial charge is 0.339 e. The van der Waals surface area contributed by atoms with E-state index in [4.69, 9.17) is 0 Å². The predicted molar refractivity (Wildman–Crippen MR) is 82.7 cm³/mol. The quantitative estimate of drug-likeness (QED) is 0.483. The number of nitrogens with one attached hydrogen (secondary N) is 1. The lowest BCUT2D eigenvalue weighted by Gasteiger charge is -2.08. The van der Waals surface area contributed by atoms with Crippen molar-refractivity contribution in [2.75, 3.05) is 12.4 Å². The van der Waals surface area contributed by atoms with E-state index in [2.05, 4.69) is 15.0 Å². The maximum atomic E-state index is 11.4. The van der Waals surface area contributed by atoms with Gasteiger partial charge in [0, 0.05) is 30.4 Å². The van der Waals surface area contributed by atoms with Crippen LogP contribution in [0.1, 0.15) is 15.9 Å². The van der Waals surface area contributed by atoms with Crippen LogP contribution in [0, 0.1) is 20.2 Å². The van der Waals surface area contributed by atoms with Gasteiger partial charge in [0.05, 0.1) is 22.5 Å². The van der Waals surface area contributed by atoms with E-state index in [-0.39, 0.29) is 23.6 Å². The van der Waals surface area contributed by atoms with Crippen LogP contribution in [0.5, 0.6) is 0 Å². The van der Waals surface area contributed by atoms with Gasteiger partial charge in [-0.05, 0) is 0 Å². The molecule has 10 heteroatoms. The van der Waals surface area contributed by atoms with Crippen molar-refractivity contribution in [2.24, 2.45) is 0 Å². The molecule has 0 aliphatic rings. The normalized spacial score (nSPS) is 10.0. The molecular formula is C14H12N4O6. The Bertz CT molecular complexity index is 808. The Morgan fingerprint density at radius 1 is 1.21 bits per heavy atom. The number of rotatable bonds is 6. The number of carbonyl (C=O) groups is 1. The molecule has 1 heterocycles. The monoisotopic (exact) mass is 332 g/mol. The molecule has 0 amide bonds. The number of nitrogens with zero attached hydrogens (tertiary/aromatic N) is 3. The van der Waals surface area contributed by atoms with Crippen LogP contribution in [0.15, 0.2) is 36.5 Å². The Balaban J connectivity index is 2.29. The molecule has 0 aliphatic heterocycles. The third-order valence-electron chi connectivity index (χ3n) is 3.12. The summed E-state index contributed by atoms with van der Waals surface area (Å²) in [5.41, 5.74) is -0.272. The highest BCUT2D eigenvalue weighted by Gasteiger charge is 2.20. The zero-order valence-corrected chi connectivity index (χ0v) is 12.5. The van der Waals surface area contributed by atoms with Crippen LogP contribution < -0.4 is 5.32 Å². The minimum absolute atomic E-state index is 0.0391. The number of benzene rings is 1. The number of para-hydroxylation sites is 1. The van der Waals surface area contributed by atoms with Gasteiger partial charge in [0.25, 0.3) is 5.69 Å². The van der Waals surface area contributed by atoms with Crippen molar-refractivity contribution in [1.82, 2.24) is 4.98 Å². The number of pyridine rings is 1. The SMILES string of the molecule is COC(=O)c1cnc(NCc2ccccc2[N+](=O)[O-])c([N+](=O)[O-])c1. The molecule has 0 aliphatic carbocycles. The van der Waals surface area contributed by atoms with Gasteiger partial charge in [-0.15, -0.1) is 0 Å². The van der Waals surface area contributed by atoms with Crippen LogP contribution >= 0.6 is 0 Å². The number of aromatic nitrogens is 1. The molecule has 0 saturated carbocycles. The van der Waals surface area contributed by atoms with Crippen LogP contribution in [-0.2, 0) is 11.3 Å². The second kappa shape index (κ2) is 7.13. The number of carbonyl (C=O) groups excluding carboxylic acids is 1. The third kappa shape index (κ3) is 3.61. The molecule has 0 unspecified atom stereocenters. The first kappa shape index (κ1) is 16.8. The van der Waals surface area contributed by atoms with Gasteiger partial charge in [0.15, 0.2) is 0 Å². The van der Waals surface area contributed by atoms with Crippen molar-refractivity contribution in [2.45, 2.75) is 6.54 Å². The summed E-state index contributed by atoms with van der Waals surface area (Å²) in [5.74, 6) is -0.860. The van der Waals surface area contributed by atoms with Gasteiger partial charge >= 0.3 is 11.7 Å². The van der Waals surface area contributed by atoms with E-state index < -0.39 is 21.5 Å². The van der Waals surface area contributed by atoms with Gasteiger partial charge in [0.2, 0.25) is 5.82 Å². The lowest BCUT2D eigenvalue weighted by atomic mass is 10.2. The molecule has 0 spiro atoms. The fourth-order valence-electron chi connectivity index (χ4n) is 1.98. The molecule has 0 fully saturated rings. The Morgan fingerprint density at radius 2 is 1.88 bits per heavy atom. The summed E-state index contributed by atoms with van der Waals surface area (Å²) in [6.45, 7) is -0.0391. The van der Waals surface area contributed by atoms with Crippen molar-refractivity contribution in [1.29, 1.82) is 0 Å². The van der Waals surface area contributed by atoms with Gasteiger partial charge in [-0.2, -0.15) is 0 Å². The zero-order valence-electron chi connectivity index (χ0n) is 12.5. The summed E-state index contributed by atoms with van der Waals surface area (Å²) in [4.78, 5) is 36.1. The minimum Gasteiger partial charge on any atom is -0.465 e. The Labute approximate surface area is 135 Å². The molecule has 24 heavy (non-hydrogen) atoms. The number of esters is 1. The minimum atomic E-state index is -0.754. The number of anilines is 1. The number of nitro groups is 2. The molecule has 1 aromatic carbocycles. The number of ether oxygens (including phenoxy) is 1. The fourth-order valence-corrected chi connectivity index (χ4v) is 1.98. The fraction of sp³-hybridized carbons (Fsp3) is 0.143. The van der Waals surface area contributed by atoms with Crippen molar-refractivity contribution in [3.8, 4) is 0 Å². The first-order valence-electron chi connectivity index (χ1n) is 6.63. The predicted octanol–water partition coefficient (Wildman–Crippen LogP) is 2.30. The Kier molecular flexibility index (Phi) is 5.00. The van der Waals surface area contributed by atoms with E-state index in [1.54, 1.807) is 6.07 Å². The van der Waals surface area contributed by atoms with Crippen LogP contribution in [0.25, 0.3) is 0 Å². The van der Waals surface area contributed by atoms with Gasteiger partial charge in [-0.3, -0.25) is 20.2 Å². The summed E-state index contributed by atoms with van der Waals surface area (Å²) >= 11 is 0. The highest BCUT2D eigenvalue weighted by Crippen LogP contribution is 2.25. The average Bonchev–Trinajstić information content (AvgIpc) is 2.59. The van der Waals surface area contributed by atoms with Crippen LogP contribution in [0.2, 0.25) is 0 Å². The molecule has 0 saturated heterocycles. The van der Waals surface area contributed by atoms with Crippen LogP contribution in [0.3, 0.4) is 0 Å². The van der Waals surface area contributed by atoms with E-state index >= 15 is 0 Å². The topological polar surface area (TPSA) is 138 Å². The maximum absolute atomic E-state index is 11.4. The van der Waals surface area contributed by atoms with Crippen molar-refractivity contribution in [3.05, 3.63) is 67.9 Å². The molecule has 10 nitrogen and oxygen atoms in total. The lowest BCUT2D eigenvalue weighted by molar-refractivity contribution is -0.385. The molecule has 0 atom stereocenters. The molecule has 0 bridgehead atoms. The molecule has 2 rings (SSSR count). The van der Waals surface area contributed by atoms with E-state index in [1.807, 2.05) is 0 Å². The lowest BCUT2D eigenvalue weighted by Crippen LogP contribution is -2.09. The summed E-state index contributed by atoms with van der Waals surface area (Å²) in [6.07, 6.45) is 1.13. The second-order valence-electron chi connectivity index (χ2n) is 4.58. The highest BCUT2D eigenvalue weighted by molar-refractivity contribution is 5.90. The van der Waals surface area contributed by atoms with E-state index in [9.17, 15) is 25.0 Å². The first-order chi connectivity index (χ1) is 11.4. The molecule has 124 valence electrons. The van der Waals surface area contributed by atoms with Crippen LogP contribution in [-0.4, -0.2) is 27.9 Å².